The normalized spacial score (nSPS) is 10.8. The number of nitrogens with zero attached hydrogens (tertiary/aromatic N) is 1. The molecule has 2 amide bonds. The molecule has 0 aliphatic heterocycles. The summed E-state index contributed by atoms with van der Waals surface area (Å²) in [7, 11) is 0. The lowest BCUT2D eigenvalue weighted by molar-refractivity contribution is -0.143. The number of anilines is 1. The second-order valence-electron chi connectivity index (χ2n) is 6.98. The zero-order chi connectivity index (χ0) is 19.7. The van der Waals surface area contributed by atoms with E-state index in [4.69, 9.17) is 9.47 Å². The minimum atomic E-state index is -0.641. The molecule has 0 unspecified atom stereocenters. The number of hydrogen-bond donors (Lipinski definition) is 1. The Morgan fingerprint density at radius 3 is 2.00 bits per heavy atom. The molecule has 0 radical (unpaired) electrons. The lowest BCUT2D eigenvalue weighted by Crippen LogP contribution is -2.43. The van der Waals surface area contributed by atoms with Crippen LogP contribution in [0.4, 0.5) is 5.69 Å². The molecule has 1 N–H and O–H groups in total. The summed E-state index contributed by atoms with van der Waals surface area (Å²) in [5.41, 5.74) is 0.504. The summed E-state index contributed by atoms with van der Waals surface area (Å²) in [4.78, 5) is 26.6. The molecule has 0 aliphatic rings. The first kappa shape index (κ1) is 21.8. The molecule has 1 rings (SSSR count). The Bertz CT molecular complexity index is 589. The van der Waals surface area contributed by atoms with Crippen LogP contribution >= 0.6 is 0 Å². The summed E-state index contributed by atoms with van der Waals surface area (Å²) in [6.45, 7) is 14.0. The molecule has 146 valence electrons. The van der Waals surface area contributed by atoms with Crippen LogP contribution in [0.1, 0.15) is 41.5 Å². The van der Waals surface area contributed by atoms with Crippen LogP contribution in [-0.2, 0) is 9.59 Å². The van der Waals surface area contributed by atoms with Gasteiger partial charge in [-0.25, -0.2) is 0 Å². The number of ether oxygens (including phenoxy) is 2. The van der Waals surface area contributed by atoms with E-state index in [0.717, 1.165) is 0 Å². The molecule has 1 aromatic carbocycles. The monoisotopic (exact) mass is 364 g/mol. The number of amides is 2. The van der Waals surface area contributed by atoms with Crippen molar-refractivity contribution in [3.8, 4) is 11.5 Å². The third kappa shape index (κ3) is 6.94. The first-order valence-electron chi connectivity index (χ1n) is 9.28. The average molecular weight is 364 g/mol. The summed E-state index contributed by atoms with van der Waals surface area (Å²) < 4.78 is 11.1. The molecular weight excluding hydrogens is 332 g/mol. The number of carbonyl (C=O) groups is 2. The van der Waals surface area contributed by atoms with Gasteiger partial charge in [-0.1, -0.05) is 27.7 Å². The maximum absolute atomic E-state index is 12.6. The van der Waals surface area contributed by atoms with E-state index < -0.39 is 11.8 Å². The largest absolute Gasteiger partial charge is 0.490 e. The Morgan fingerprint density at radius 1 is 0.962 bits per heavy atom. The quantitative estimate of drug-likeness (QED) is 0.680. The van der Waals surface area contributed by atoms with E-state index in [2.05, 4.69) is 5.32 Å². The Kier molecular flexibility index (Phi) is 8.96. The molecule has 6 nitrogen and oxygen atoms in total. The van der Waals surface area contributed by atoms with E-state index in [9.17, 15) is 9.59 Å². The molecule has 1 aromatic rings. The average Bonchev–Trinajstić information content (AvgIpc) is 2.55. The van der Waals surface area contributed by atoms with E-state index in [1.54, 1.807) is 23.1 Å². The highest BCUT2D eigenvalue weighted by atomic mass is 16.5. The van der Waals surface area contributed by atoms with Gasteiger partial charge in [0.05, 0.1) is 13.2 Å². The molecule has 0 spiro atoms. The van der Waals surface area contributed by atoms with Gasteiger partial charge in [0.2, 0.25) is 0 Å². The maximum Gasteiger partial charge on any atom is 0.313 e. The van der Waals surface area contributed by atoms with Crippen LogP contribution in [0.3, 0.4) is 0 Å². The number of hydrogen-bond acceptors (Lipinski definition) is 4. The minimum absolute atomic E-state index is 0.292. The van der Waals surface area contributed by atoms with Gasteiger partial charge in [0, 0.05) is 24.8 Å². The smallest absolute Gasteiger partial charge is 0.313 e. The van der Waals surface area contributed by atoms with Crippen molar-refractivity contribution < 1.29 is 19.1 Å². The van der Waals surface area contributed by atoms with Crippen LogP contribution in [0.25, 0.3) is 0 Å². The summed E-state index contributed by atoms with van der Waals surface area (Å²) in [5.74, 6) is 0.582. The van der Waals surface area contributed by atoms with Gasteiger partial charge in [-0.3, -0.25) is 9.59 Å². The molecule has 0 fully saturated rings. The summed E-state index contributed by atoms with van der Waals surface area (Å²) in [6, 6.07) is 5.11. The molecule has 6 heteroatoms. The number of nitrogens with one attached hydrogen (secondary N) is 1. The lowest BCUT2D eigenvalue weighted by Gasteiger charge is -2.25. The number of carbonyl (C=O) groups excluding carboxylic acids is 2. The highest BCUT2D eigenvalue weighted by Gasteiger charge is 2.23. The van der Waals surface area contributed by atoms with Gasteiger partial charge < -0.3 is 19.7 Å². The fraction of sp³-hybridized carbons (Fsp3) is 0.600. The van der Waals surface area contributed by atoms with Gasteiger partial charge in [0.25, 0.3) is 0 Å². The summed E-state index contributed by atoms with van der Waals surface area (Å²) in [5, 5.41) is 2.67. The Labute approximate surface area is 156 Å². The topological polar surface area (TPSA) is 67.9 Å². The van der Waals surface area contributed by atoms with Gasteiger partial charge >= 0.3 is 11.8 Å². The van der Waals surface area contributed by atoms with Crippen LogP contribution in [0.5, 0.6) is 11.5 Å². The van der Waals surface area contributed by atoms with Crippen LogP contribution in [0, 0.1) is 11.8 Å². The second kappa shape index (κ2) is 10.7. The Morgan fingerprint density at radius 2 is 1.50 bits per heavy atom. The van der Waals surface area contributed by atoms with Crippen molar-refractivity contribution in [2.45, 2.75) is 41.5 Å². The summed E-state index contributed by atoms with van der Waals surface area (Å²) >= 11 is 0. The molecule has 0 saturated carbocycles. The van der Waals surface area contributed by atoms with Gasteiger partial charge in [-0.15, -0.1) is 0 Å². The van der Waals surface area contributed by atoms with Crippen molar-refractivity contribution in [1.29, 1.82) is 0 Å². The van der Waals surface area contributed by atoms with Crippen molar-refractivity contribution in [2.24, 2.45) is 11.8 Å². The Balaban J connectivity index is 2.89. The second-order valence-corrected chi connectivity index (χ2v) is 6.98. The SMILES string of the molecule is CCOc1ccc(NC(=O)C(=O)N(CC(C)C)CC(C)C)cc1OCC. The van der Waals surface area contributed by atoms with E-state index >= 15 is 0 Å². The first-order valence-corrected chi connectivity index (χ1v) is 9.28. The van der Waals surface area contributed by atoms with Crippen LogP contribution < -0.4 is 14.8 Å². The molecule has 0 bridgehead atoms. The van der Waals surface area contributed by atoms with Gasteiger partial charge in [-0.05, 0) is 37.8 Å². The van der Waals surface area contributed by atoms with Gasteiger partial charge in [-0.2, -0.15) is 0 Å². The zero-order valence-electron chi connectivity index (χ0n) is 16.8. The van der Waals surface area contributed by atoms with E-state index in [0.29, 0.717) is 55.3 Å². The van der Waals surface area contributed by atoms with Crippen LogP contribution in [0.2, 0.25) is 0 Å². The minimum Gasteiger partial charge on any atom is -0.490 e. The highest BCUT2D eigenvalue weighted by Crippen LogP contribution is 2.30. The fourth-order valence-corrected chi connectivity index (χ4v) is 2.58. The van der Waals surface area contributed by atoms with Crippen LogP contribution in [-0.4, -0.2) is 43.0 Å². The zero-order valence-corrected chi connectivity index (χ0v) is 16.8. The van der Waals surface area contributed by atoms with Crippen molar-refractivity contribution in [2.75, 3.05) is 31.6 Å². The third-order valence-corrected chi connectivity index (χ3v) is 3.45. The first-order chi connectivity index (χ1) is 12.3. The molecule has 0 aromatic heterocycles. The molecule has 0 heterocycles. The van der Waals surface area contributed by atoms with Crippen molar-refractivity contribution in [1.82, 2.24) is 4.90 Å². The molecule has 26 heavy (non-hydrogen) atoms. The molecule has 0 saturated heterocycles. The Hall–Kier alpha value is -2.24. The molecular formula is C20H32N2O4. The van der Waals surface area contributed by atoms with Gasteiger partial charge in [0.1, 0.15) is 0 Å². The van der Waals surface area contributed by atoms with Crippen molar-refractivity contribution in [3.05, 3.63) is 18.2 Å². The highest BCUT2D eigenvalue weighted by molar-refractivity contribution is 6.39. The van der Waals surface area contributed by atoms with E-state index in [1.165, 1.54) is 0 Å². The maximum atomic E-state index is 12.6. The lowest BCUT2D eigenvalue weighted by atomic mass is 10.1. The van der Waals surface area contributed by atoms with E-state index in [1.807, 2.05) is 41.5 Å². The predicted molar refractivity (Wildman–Crippen MR) is 104 cm³/mol. The number of benzene rings is 1. The predicted octanol–water partition coefficient (Wildman–Crippen LogP) is 3.56. The van der Waals surface area contributed by atoms with Crippen molar-refractivity contribution in [3.63, 3.8) is 0 Å². The standard InChI is InChI=1S/C20H32N2O4/c1-7-25-17-10-9-16(11-18(17)26-8-2)21-19(23)20(24)22(12-14(3)4)13-15(5)6/h9-11,14-15H,7-8,12-13H2,1-6H3,(H,21,23). The van der Waals surface area contributed by atoms with E-state index in [-0.39, 0.29) is 0 Å². The molecule has 0 aliphatic carbocycles. The van der Waals surface area contributed by atoms with Gasteiger partial charge in [0.15, 0.2) is 11.5 Å². The number of rotatable bonds is 9. The third-order valence-electron chi connectivity index (χ3n) is 3.45. The summed E-state index contributed by atoms with van der Waals surface area (Å²) in [6.07, 6.45) is 0. The van der Waals surface area contributed by atoms with Crippen LogP contribution in [0.15, 0.2) is 18.2 Å². The molecule has 0 atom stereocenters. The fourth-order valence-electron chi connectivity index (χ4n) is 2.58. The van der Waals surface area contributed by atoms with Crippen molar-refractivity contribution >= 4 is 17.5 Å².